The maximum Gasteiger partial charge on any atom is 0.162 e. The number of furan rings is 1. The molecule has 35 heavy (non-hydrogen) atoms. The van der Waals surface area contributed by atoms with Crippen LogP contribution in [0.5, 0.6) is 0 Å². The molecule has 1 N–H and O–H groups in total. The van der Waals surface area contributed by atoms with E-state index in [1.807, 2.05) is 58.0 Å². The standard InChI is InChI=1S/C17H8NO.C13H24O2.Ir/c1-2-5-12-10(4-1)11-6-3-7-13-15(11)16-14(19-13)8-9-18-17(12)16;1-5-10(6-2)12(14)9-13(15)11(7-3)8-4;/h1-4,6-9H;9-11,14H,5-8H2,1-4H3;/q-1;;/b;12-9-;. The summed E-state index contributed by atoms with van der Waals surface area (Å²) in [5.74, 6) is 0.547. The molecule has 4 nitrogen and oxygen atoms in total. The van der Waals surface area contributed by atoms with Crippen molar-refractivity contribution in [2.24, 2.45) is 11.8 Å². The van der Waals surface area contributed by atoms with Crippen molar-refractivity contribution in [3.05, 3.63) is 66.6 Å². The average molecular weight is 647 g/mol. The van der Waals surface area contributed by atoms with Gasteiger partial charge in [-0.15, -0.1) is 29.7 Å². The fourth-order valence-electron chi connectivity index (χ4n) is 4.81. The smallest absolute Gasteiger partial charge is 0.162 e. The molecule has 0 unspecified atom stereocenters. The summed E-state index contributed by atoms with van der Waals surface area (Å²) in [5.41, 5.74) is 2.80. The molecule has 0 fully saturated rings. The molecular formula is C30H32IrNO3-. The SMILES string of the molecule is CCC(CC)C(=O)/C=C(\O)C(CC)CC.[Ir].[c-]1cccc2c1c1nccc3oc4cccc2c4c31. The molecule has 0 aliphatic carbocycles. The van der Waals surface area contributed by atoms with Gasteiger partial charge in [-0.2, -0.15) is 0 Å². The number of ketones is 1. The van der Waals surface area contributed by atoms with Gasteiger partial charge in [0, 0.05) is 60.5 Å². The van der Waals surface area contributed by atoms with Gasteiger partial charge in [0.1, 0.15) is 11.2 Å². The molecule has 1 radical (unpaired) electrons. The van der Waals surface area contributed by atoms with Crippen molar-refractivity contribution in [2.45, 2.75) is 53.4 Å². The second kappa shape index (κ2) is 11.8. The molecule has 0 aliphatic rings. The van der Waals surface area contributed by atoms with Crippen LogP contribution in [0.4, 0.5) is 0 Å². The molecule has 185 valence electrons. The third-order valence-corrected chi connectivity index (χ3v) is 6.87. The minimum absolute atomic E-state index is 0. The molecule has 0 saturated carbocycles. The number of benzene rings is 3. The molecule has 5 heteroatoms. The Morgan fingerprint density at radius 3 is 2.29 bits per heavy atom. The number of carbonyl (C=O) groups is 1. The summed E-state index contributed by atoms with van der Waals surface area (Å²) in [4.78, 5) is 16.3. The van der Waals surface area contributed by atoms with Crippen LogP contribution in [0.3, 0.4) is 0 Å². The topological polar surface area (TPSA) is 63.3 Å². The number of aliphatic hydroxyl groups is 1. The number of rotatable bonds is 7. The van der Waals surface area contributed by atoms with Crippen molar-refractivity contribution in [2.75, 3.05) is 0 Å². The van der Waals surface area contributed by atoms with Crippen LogP contribution >= 0.6 is 0 Å². The van der Waals surface area contributed by atoms with E-state index in [0.717, 1.165) is 53.1 Å². The second-order valence-corrected chi connectivity index (χ2v) is 8.77. The van der Waals surface area contributed by atoms with Gasteiger partial charge < -0.3 is 14.5 Å². The van der Waals surface area contributed by atoms with Gasteiger partial charge in [0.15, 0.2) is 5.78 Å². The van der Waals surface area contributed by atoms with E-state index in [-0.39, 0.29) is 43.5 Å². The Morgan fingerprint density at radius 2 is 1.60 bits per heavy atom. The molecule has 5 rings (SSSR count). The van der Waals surface area contributed by atoms with Crippen LogP contribution in [-0.4, -0.2) is 15.9 Å². The van der Waals surface area contributed by atoms with Crippen molar-refractivity contribution in [1.29, 1.82) is 0 Å². The summed E-state index contributed by atoms with van der Waals surface area (Å²) in [7, 11) is 0. The van der Waals surface area contributed by atoms with Crippen molar-refractivity contribution in [3.8, 4) is 0 Å². The van der Waals surface area contributed by atoms with Gasteiger partial charge in [-0.3, -0.25) is 4.79 Å². The maximum absolute atomic E-state index is 11.7. The maximum atomic E-state index is 11.7. The van der Waals surface area contributed by atoms with Crippen LogP contribution in [0.1, 0.15) is 53.4 Å². The second-order valence-electron chi connectivity index (χ2n) is 8.77. The summed E-state index contributed by atoms with van der Waals surface area (Å²) < 4.78 is 5.93. The first-order valence-corrected chi connectivity index (χ1v) is 12.3. The van der Waals surface area contributed by atoms with Crippen molar-refractivity contribution < 1.29 is 34.4 Å². The quantitative estimate of drug-likeness (QED) is 0.0835. The first-order chi connectivity index (χ1) is 16.5. The number of allylic oxidation sites excluding steroid dienone is 2. The number of pyridine rings is 1. The Kier molecular flexibility index (Phi) is 9.04. The van der Waals surface area contributed by atoms with Crippen LogP contribution in [0.15, 0.2) is 64.9 Å². The van der Waals surface area contributed by atoms with Crippen LogP contribution < -0.4 is 0 Å². The van der Waals surface area contributed by atoms with Gasteiger partial charge in [-0.05, 0) is 43.2 Å². The zero-order valence-electron chi connectivity index (χ0n) is 20.7. The van der Waals surface area contributed by atoms with Gasteiger partial charge in [-0.1, -0.05) is 45.2 Å². The number of aliphatic hydroxyl groups excluding tert-OH is 1. The number of carbonyl (C=O) groups excluding carboxylic acids is 1. The fourth-order valence-corrected chi connectivity index (χ4v) is 4.81. The summed E-state index contributed by atoms with van der Waals surface area (Å²) in [6.07, 6.45) is 6.71. The number of hydrogen-bond acceptors (Lipinski definition) is 4. The number of hydrogen-bond donors (Lipinski definition) is 1. The third-order valence-electron chi connectivity index (χ3n) is 6.87. The molecule has 0 spiro atoms. The zero-order valence-corrected chi connectivity index (χ0v) is 23.1. The normalized spacial score (nSPS) is 12.0. The van der Waals surface area contributed by atoms with E-state index in [9.17, 15) is 9.90 Å². The predicted octanol–water partition coefficient (Wildman–Crippen LogP) is 8.39. The van der Waals surface area contributed by atoms with E-state index >= 15 is 0 Å². The van der Waals surface area contributed by atoms with Crippen LogP contribution in [0, 0.1) is 17.9 Å². The molecule has 3 aromatic carbocycles. The number of fused-ring (bicyclic) bond motifs is 3. The van der Waals surface area contributed by atoms with Crippen molar-refractivity contribution >= 4 is 49.4 Å². The Morgan fingerprint density at radius 1 is 0.943 bits per heavy atom. The molecule has 5 aromatic rings. The van der Waals surface area contributed by atoms with E-state index in [2.05, 4.69) is 23.2 Å². The summed E-state index contributed by atoms with van der Waals surface area (Å²) >= 11 is 0. The number of nitrogens with zero attached hydrogens (tertiary/aromatic N) is 1. The van der Waals surface area contributed by atoms with Gasteiger partial charge >= 0.3 is 0 Å². The predicted molar refractivity (Wildman–Crippen MR) is 140 cm³/mol. The molecule has 2 aromatic heterocycles. The largest absolute Gasteiger partial charge is 0.512 e. The van der Waals surface area contributed by atoms with Crippen LogP contribution in [0.2, 0.25) is 0 Å². The molecular weight excluding hydrogens is 615 g/mol. The number of aromatic nitrogens is 1. The van der Waals surface area contributed by atoms with E-state index in [4.69, 9.17) is 4.42 Å². The van der Waals surface area contributed by atoms with Crippen LogP contribution in [-0.2, 0) is 24.9 Å². The molecule has 0 saturated heterocycles. The first-order valence-electron chi connectivity index (χ1n) is 12.3. The van der Waals surface area contributed by atoms with Crippen LogP contribution in [0.25, 0.3) is 43.6 Å². The Labute approximate surface area is 220 Å². The molecule has 2 heterocycles. The van der Waals surface area contributed by atoms with Crippen molar-refractivity contribution in [1.82, 2.24) is 4.98 Å². The Balaban J connectivity index is 0.000000198. The molecule has 0 bridgehead atoms. The summed E-state index contributed by atoms with van der Waals surface area (Å²) in [5, 5.41) is 15.5. The van der Waals surface area contributed by atoms with Gasteiger partial charge in [0.2, 0.25) is 0 Å². The summed E-state index contributed by atoms with van der Waals surface area (Å²) in [6.45, 7) is 8.07. The third kappa shape index (κ3) is 5.12. The Hall–Kier alpha value is -2.75. The van der Waals surface area contributed by atoms with E-state index in [1.165, 1.54) is 22.2 Å². The first kappa shape index (κ1) is 26.8. The van der Waals surface area contributed by atoms with E-state index in [0.29, 0.717) is 0 Å². The monoisotopic (exact) mass is 647 g/mol. The zero-order chi connectivity index (χ0) is 24.2. The minimum atomic E-state index is 0. The molecule has 0 atom stereocenters. The molecule has 0 aliphatic heterocycles. The fraction of sp³-hybridized carbons (Fsp3) is 0.333. The molecule has 0 amide bonds. The Bertz CT molecular complexity index is 1360. The van der Waals surface area contributed by atoms with Gasteiger partial charge in [0.25, 0.3) is 0 Å². The van der Waals surface area contributed by atoms with E-state index < -0.39 is 0 Å². The summed E-state index contributed by atoms with van der Waals surface area (Å²) in [6, 6.07) is 17.5. The van der Waals surface area contributed by atoms with Gasteiger partial charge in [0.05, 0.1) is 5.76 Å². The van der Waals surface area contributed by atoms with Gasteiger partial charge in [-0.25, -0.2) is 0 Å². The van der Waals surface area contributed by atoms with Crippen molar-refractivity contribution in [3.63, 3.8) is 0 Å². The minimum Gasteiger partial charge on any atom is -0.512 e. The van der Waals surface area contributed by atoms with E-state index in [1.54, 1.807) is 6.20 Å². The average Bonchev–Trinajstić information content (AvgIpc) is 3.25.